The number of aryl methyl sites for hydroxylation is 1. The molecule has 0 radical (unpaired) electrons. The van der Waals surface area contributed by atoms with E-state index in [2.05, 4.69) is 20.2 Å². The van der Waals surface area contributed by atoms with Crippen LogP contribution in [-0.2, 0) is 0 Å². The van der Waals surface area contributed by atoms with Crippen molar-refractivity contribution >= 4 is 11.5 Å². The highest BCUT2D eigenvalue weighted by Gasteiger charge is 2.12. The van der Waals surface area contributed by atoms with Gasteiger partial charge in [0.05, 0.1) is 17.4 Å². The van der Waals surface area contributed by atoms with Gasteiger partial charge in [0.1, 0.15) is 0 Å². The number of nitrogens with zero attached hydrogens (tertiary/aromatic N) is 6. The first-order valence-corrected chi connectivity index (χ1v) is 5.97. The highest BCUT2D eigenvalue weighted by Crippen LogP contribution is 2.25. The zero-order valence-corrected chi connectivity index (χ0v) is 11.1. The third kappa shape index (κ3) is 1.91. The molecule has 0 amide bonds. The molecule has 0 fully saturated rings. The second kappa shape index (κ2) is 4.31. The molecule has 6 nitrogen and oxygen atoms in total. The van der Waals surface area contributed by atoms with Crippen LogP contribution in [-0.4, -0.2) is 38.9 Å². The van der Waals surface area contributed by atoms with Crippen LogP contribution in [0.4, 0.5) is 5.95 Å². The molecule has 3 rings (SSSR count). The van der Waals surface area contributed by atoms with Gasteiger partial charge in [-0.15, -0.1) is 0 Å². The van der Waals surface area contributed by atoms with Crippen LogP contribution in [0.15, 0.2) is 30.7 Å². The standard InChI is InChI=1S/C13H14N6/c1-9-7-14-13(18(2)3)17-12(9)10-8-16-19-11(10)5-4-6-15-19/h4-8H,1-3H3. The average molecular weight is 254 g/mol. The van der Waals surface area contributed by atoms with Gasteiger partial charge in [-0.25, -0.2) is 9.97 Å². The molecule has 0 spiro atoms. The van der Waals surface area contributed by atoms with Crippen molar-refractivity contribution in [2.45, 2.75) is 6.92 Å². The van der Waals surface area contributed by atoms with Gasteiger partial charge in [0.2, 0.25) is 5.95 Å². The lowest BCUT2D eigenvalue weighted by Gasteiger charge is -2.12. The Morgan fingerprint density at radius 2 is 2.00 bits per heavy atom. The third-order valence-corrected chi connectivity index (χ3v) is 2.92. The summed E-state index contributed by atoms with van der Waals surface area (Å²) in [5, 5.41) is 8.41. The van der Waals surface area contributed by atoms with Gasteiger partial charge in [-0.05, 0) is 24.6 Å². The van der Waals surface area contributed by atoms with E-state index in [-0.39, 0.29) is 0 Å². The summed E-state index contributed by atoms with van der Waals surface area (Å²) in [5.74, 6) is 0.684. The molecule has 0 unspecified atom stereocenters. The van der Waals surface area contributed by atoms with Gasteiger partial charge in [-0.3, -0.25) is 0 Å². The van der Waals surface area contributed by atoms with Crippen LogP contribution in [0.25, 0.3) is 16.8 Å². The van der Waals surface area contributed by atoms with Crippen molar-refractivity contribution in [2.24, 2.45) is 0 Å². The maximum absolute atomic E-state index is 4.60. The fourth-order valence-electron chi connectivity index (χ4n) is 1.94. The molecule has 0 atom stereocenters. The normalized spacial score (nSPS) is 10.9. The van der Waals surface area contributed by atoms with E-state index in [1.807, 2.05) is 44.2 Å². The Morgan fingerprint density at radius 1 is 1.16 bits per heavy atom. The van der Waals surface area contributed by atoms with Crippen molar-refractivity contribution in [1.29, 1.82) is 0 Å². The van der Waals surface area contributed by atoms with Crippen LogP contribution in [0.5, 0.6) is 0 Å². The summed E-state index contributed by atoms with van der Waals surface area (Å²) in [6.07, 6.45) is 5.33. The molecular formula is C13H14N6. The molecule has 0 aromatic carbocycles. The summed E-state index contributed by atoms with van der Waals surface area (Å²) in [6, 6.07) is 3.87. The average Bonchev–Trinajstić information content (AvgIpc) is 2.83. The summed E-state index contributed by atoms with van der Waals surface area (Å²) < 4.78 is 1.60. The minimum Gasteiger partial charge on any atom is -0.347 e. The van der Waals surface area contributed by atoms with Gasteiger partial charge >= 0.3 is 0 Å². The number of anilines is 1. The van der Waals surface area contributed by atoms with Crippen molar-refractivity contribution < 1.29 is 0 Å². The lowest BCUT2D eigenvalue weighted by molar-refractivity contribution is 0.800. The van der Waals surface area contributed by atoms with E-state index >= 15 is 0 Å². The van der Waals surface area contributed by atoms with Crippen LogP contribution < -0.4 is 4.90 Å². The molecule has 3 aromatic rings. The lowest BCUT2D eigenvalue weighted by atomic mass is 10.1. The van der Waals surface area contributed by atoms with Crippen molar-refractivity contribution in [3.05, 3.63) is 36.3 Å². The quantitative estimate of drug-likeness (QED) is 0.694. The minimum atomic E-state index is 0.684. The monoisotopic (exact) mass is 254 g/mol. The van der Waals surface area contributed by atoms with Crippen molar-refractivity contribution in [2.75, 3.05) is 19.0 Å². The lowest BCUT2D eigenvalue weighted by Crippen LogP contribution is -2.13. The van der Waals surface area contributed by atoms with Crippen LogP contribution in [0, 0.1) is 6.92 Å². The molecule has 3 heterocycles. The Bertz CT molecular complexity index is 731. The predicted molar refractivity (Wildman–Crippen MR) is 73.1 cm³/mol. The van der Waals surface area contributed by atoms with E-state index in [0.717, 1.165) is 22.3 Å². The van der Waals surface area contributed by atoms with Gasteiger partial charge in [-0.2, -0.15) is 14.8 Å². The van der Waals surface area contributed by atoms with Gasteiger partial charge in [0.25, 0.3) is 0 Å². The molecule has 0 N–H and O–H groups in total. The maximum Gasteiger partial charge on any atom is 0.225 e. The highest BCUT2D eigenvalue weighted by atomic mass is 15.4. The van der Waals surface area contributed by atoms with Crippen molar-refractivity contribution in [1.82, 2.24) is 24.8 Å². The Morgan fingerprint density at radius 3 is 2.79 bits per heavy atom. The van der Waals surface area contributed by atoms with Crippen LogP contribution in [0.1, 0.15) is 5.56 Å². The number of fused-ring (bicyclic) bond motifs is 1. The first-order chi connectivity index (χ1) is 9.16. The van der Waals surface area contributed by atoms with E-state index < -0.39 is 0 Å². The Hall–Kier alpha value is -2.50. The summed E-state index contributed by atoms with van der Waals surface area (Å²) in [6.45, 7) is 1.99. The molecule has 0 saturated heterocycles. The number of hydrogen-bond donors (Lipinski definition) is 0. The fraction of sp³-hybridized carbons (Fsp3) is 0.231. The fourth-order valence-corrected chi connectivity index (χ4v) is 1.94. The van der Waals surface area contributed by atoms with Crippen LogP contribution in [0.3, 0.4) is 0 Å². The number of rotatable bonds is 2. The largest absolute Gasteiger partial charge is 0.347 e. The van der Waals surface area contributed by atoms with E-state index in [1.165, 1.54) is 0 Å². The van der Waals surface area contributed by atoms with Gasteiger partial charge in [0.15, 0.2) is 0 Å². The molecule has 0 saturated carbocycles. The molecule has 0 aliphatic rings. The maximum atomic E-state index is 4.60. The summed E-state index contributed by atoms with van der Waals surface area (Å²) >= 11 is 0. The first kappa shape index (κ1) is 11.6. The molecule has 96 valence electrons. The van der Waals surface area contributed by atoms with Crippen LogP contribution in [0.2, 0.25) is 0 Å². The zero-order valence-electron chi connectivity index (χ0n) is 11.1. The summed E-state index contributed by atoms with van der Waals surface area (Å²) in [7, 11) is 3.85. The SMILES string of the molecule is Cc1cnc(N(C)C)nc1-c1cnn2ncccc12. The predicted octanol–water partition coefficient (Wildman–Crippen LogP) is 1.56. The molecule has 0 bridgehead atoms. The number of aromatic nitrogens is 5. The Kier molecular flexibility index (Phi) is 2.63. The van der Waals surface area contributed by atoms with Gasteiger partial charge in [0, 0.05) is 32.1 Å². The molecule has 19 heavy (non-hydrogen) atoms. The summed E-state index contributed by atoms with van der Waals surface area (Å²) in [4.78, 5) is 10.8. The van der Waals surface area contributed by atoms with E-state index in [9.17, 15) is 0 Å². The van der Waals surface area contributed by atoms with E-state index in [4.69, 9.17) is 0 Å². The summed E-state index contributed by atoms with van der Waals surface area (Å²) in [5.41, 5.74) is 3.82. The topological polar surface area (TPSA) is 59.2 Å². The van der Waals surface area contributed by atoms with Gasteiger partial charge in [-0.1, -0.05) is 0 Å². The second-order valence-corrected chi connectivity index (χ2v) is 4.55. The second-order valence-electron chi connectivity index (χ2n) is 4.55. The van der Waals surface area contributed by atoms with E-state index in [0.29, 0.717) is 5.95 Å². The van der Waals surface area contributed by atoms with Crippen molar-refractivity contribution in [3.63, 3.8) is 0 Å². The molecular weight excluding hydrogens is 240 g/mol. The molecule has 6 heteroatoms. The molecule has 0 aliphatic carbocycles. The smallest absolute Gasteiger partial charge is 0.225 e. The van der Waals surface area contributed by atoms with Crippen LogP contribution >= 0.6 is 0 Å². The third-order valence-electron chi connectivity index (χ3n) is 2.92. The van der Waals surface area contributed by atoms with E-state index in [1.54, 1.807) is 17.0 Å². The number of hydrogen-bond acceptors (Lipinski definition) is 5. The van der Waals surface area contributed by atoms with Crippen molar-refractivity contribution in [3.8, 4) is 11.3 Å². The molecule has 3 aromatic heterocycles. The van der Waals surface area contributed by atoms with Gasteiger partial charge < -0.3 is 4.90 Å². The highest BCUT2D eigenvalue weighted by molar-refractivity contribution is 5.79. The first-order valence-electron chi connectivity index (χ1n) is 5.97. The molecule has 0 aliphatic heterocycles. The Balaban J connectivity index is 2.23. The Labute approximate surface area is 110 Å². The minimum absolute atomic E-state index is 0.684. The zero-order chi connectivity index (χ0) is 13.4.